The van der Waals surface area contributed by atoms with Gasteiger partial charge in [-0.1, -0.05) is 0 Å². The number of allylic oxidation sites excluding steroid dienone is 2. The number of halogens is 8. The zero-order valence-electron chi connectivity index (χ0n) is 12.1. The lowest BCUT2D eigenvalue weighted by molar-refractivity contribution is -0.348. The van der Waals surface area contributed by atoms with Gasteiger partial charge in [0.15, 0.2) is 5.78 Å². The Labute approximate surface area is 130 Å². The van der Waals surface area contributed by atoms with Crippen molar-refractivity contribution in [2.45, 2.75) is 37.5 Å². The summed E-state index contributed by atoms with van der Waals surface area (Å²) in [4.78, 5) is 14.5. The van der Waals surface area contributed by atoms with E-state index >= 15 is 0 Å². The number of hydrogen-bond acceptors (Lipinski definition) is 2. The number of carbonyl (C=O) groups excluding carboxylic acids is 1. The van der Waals surface area contributed by atoms with E-state index in [1.165, 1.54) is 6.92 Å². The first-order valence-electron chi connectivity index (χ1n) is 6.39. The van der Waals surface area contributed by atoms with Crippen molar-refractivity contribution < 1.29 is 39.9 Å². The molecule has 0 N–H and O–H groups in total. The second kappa shape index (κ2) is 5.00. The summed E-state index contributed by atoms with van der Waals surface area (Å²) in [5, 5.41) is 0. The van der Waals surface area contributed by atoms with Crippen LogP contribution >= 0.6 is 0 Å². The van der Waals surface area contributed by atoms with Gasteiger partial charge in [-0.25, -0.2) is 0 Å². The number of hydrogen-bond donors (Lipinski definition) is 0. The fraction of sp³-hybridized carbons (Fsp3) is 0.429. The highest BCUT2D eigenvalue weighted by molar-refractivity contribution is 5.95. The molecule has 0 aromatic carbocycles. The van der Waals surface area contributed by atoms with E-state index in [1.807, 2.05) is 0 Å². The highest BCUT2D eigenvalue weighted by Crippen LogP contribution is 2.60. The summed E-state index contributed by atoms with van der Waals surface area (Å²) in [7, 11) is 0. The average molecular weight is 359 g/mol. The minimum atomic E-state index is -6.33. The van der Waals surface area contributed by atoms with Gasteiger partial charge < -0.3 is 0 Å². The van der Waals surface area contributed by atoms with Gasteiger partial charge in [0.25, 0.3) is 0 Å². The van der Waals surface area contributed by atoms with E-state index in [4.69, 9.17) is 0 Å². The molecule has 1 aromatic heterocycles. The molecule has 0 saturated heterocycles. The molecule has 24 heavy (non-hydrogen) atoms. The van der Waals surface area contributed by atoms with Gasteiger partial charge in [0, 0.05) is 17.8 Å². The summed E-state index contributed by atoms with van der Waals surface area (Å²) < 4.78 is 107. The van der Waals surface area contributed by atoms with Crippen LogP contribution in [0.5, 0.6) is 0 Å². The average Bonchev–Trinajstić information content (AvgIpc) is 2.42. The van der Waals surface area contributed by atoms with E-state index in [1.54, 1.807) is 0 Å². The minimum Gasteiger partial charge on any atom is -0.294 e. The Kier molecular flexibility index (Phi) is 3.82. The van der Waals surface area contributed by atoms with Crippen LogP contribution < -0.4 is 0 Å². The van der Waals surface area contributed by atoms with Crippen molar-refractivity contribution in [3.63, 3.8) is 0 Å². The van der Waals surface area contributed by atoms with Crippen LogP contribution in [0.4, 0.5) is 35.1 Å². The fourth-order valence-electron chi connectivity index (χ4n) is 2.24. The van der Waals surface area contributed by atoms with E-state index in [2.05, 4.69) is 4.98 Å². The summed E-state index contributed by atoms with van der Waals surface area (Å²) in [5.41, 5.74) is -3.13. The third-order valence-corrected chi connectivity index (χ3v) is 3.64. The zero-order chi connectivity index (χ0) is 18.7. The Morgan fingerprint density at radius 3 is 2.00 bits per heavy atom. The third-order valence-electron chi connectivity index (χ3n) is 3.64. The van der Waals surface area contributed by atoms with Crippen LogP contribution in [0.15, 0.2) is 18.3 Å². The molecule has 0 aliphatic heterocycles. The molecule has 1 aliphatic carbocycles. The Hall–Kier alpha value is -2.00. The molecule has 2 rings (SSSR count). The largest absolute Gasteiger partial charge is 0.382 e. The molecule has 0 saturated carbocycles. The van der Waals surface area contributed by atoms with Gasteiger partial charge in [-0.2, -0.15) is 35.1 Å². The number of carbonyl (C=O) groups is 1. The summed E-state index contributed by atoms with van der Waals surface area (Å²) in [6.45, 7) is 2.34. The highest BCUT2D eigenvalue weighted by atomic mass is 19.4. The maximum atomic E-state index is 13.8. The third kappa shape index (κ3) is 2.22. The molecule has 10 heteroatoms. The number of ketones is 1. The zero-order valence-corrected chi connectivity index (χ0v) is 12.1. The van der Waals surface area contributed by atoms with E-state index < -0.39 is 46.8 Å². The number of aromatic nitrogens is 1. The Morgan fingerprint density at radius 2 is 1.54 bits per heavy atom. The van der Waals surface area contributed by atoms with Crippen molar-refractivity contribution in [2.75, 3.05) is 0 Å². The Morgan fingerprint density at radius 1 is 1.00 bits per heavy atom. The lowest BCUT2D eigenvalue weighted by atomic mass is 9.84. The first-order chi connectivity index (χ1) is 10.7. The number of alkyl halides is 8. The lowest BCUT2D eigenvalue weighted by Crippen LogP contribution is -2.65. The van der Waals surface area contributed by atoms with Gasteiger partial charge in [0.05, 0.1) is 11.3 Å². The van der Waals surface area contributed by atoms with Crippen molar-refractivity contribution in [1.82, 2.24) is 4.98 Å². The van der Waals surface area contributed by atoms with Crippen molar-refractivity contribution >= 4 is 11.4 Å². The highest BCUT2D eigenvalue weighted by Gasteiger charge is 2.83. The molecule has 0 spiro atoms. The van der Waals surface area contributed by atoms with Crippen LogP contribution in [0.1, 0.15) is 28.5 Å². The smallest absolute Gasteiger partial charge is 0.294 e. The molecule has 1 aliphatic rings. The summed E-state index contributed by atoms with van der Waals surface area (Å²) in [5.74, 6) is -24.2. The molecular formula is C14H9F8NO. The molecular weight excluding hydrogens is 350 g/mol. The molecule has 132 valence electrons. The minimum absolute atomic E-state index is 0.00633. The first kappa shape index (κ1) is 18.3. The predicted octanol–water partition coefficient (Wildman–Crippen LogP) is 4.53. The molecule has 2 nitrogen and oxygen atoms in total. The second-order valence-electron chi connectivity index (χ2n) is 5.34. The van der Waals surface area contributed by atoms with Crippen LogP contribution in [-0.4, -0.2) is 34.5 Å². The predicted molar refractivity (Wildman–Crippen MR) is 66.7 cm³/mol. The summed E-state index contributed by atoms with van der Waals surface area (Å²) in [6.07, 6.45) is -0.174. The van der Waals surface area contributed by atoms with Gasteiger partial charge >= 0.3 is 23.7 Å². The van der Waals surface area contributed by atoms with E-state index in [9.17, 15) is 39.9 Å². The molecule has 1 aromatic rings. The van der Waals surface area contributed by atoms with Crippen LogP contribution in [0, 0.1) is 6.92 Å². The van der Waals surface area contributed by atoms with Gasteiger partial charge in [0.2, 0.25) is 0 Å². The number of nitrogens with zero attached hydrogens (tertiary/aromatic N) is 1. The quantitative estimate of drug-likeness (QED) is 0.574. The van der Waals surface area contributed by atoms with Gasteiger partial charge in [-0.15, -0.1) is 0 Å². The molecule has 0 fully saturated rings. The van der Waals surface area contributed by atoms with Crippen molar-refractivity contribution in [3.05, 3.63) is 35.2 Å². The van der Waals surface area contributed by atoms with Crippen LogP contribution in [0.2, 0.25) is 0 Å². The molecule has 0 bridgehead atoms. The maximum absolute atomic E-state index is 13.8. The van der Waals surface area contributed by atoms with Crippen molar-refractivity contribution in [3.8, 4) is 0 Å². The monoisotopic (exact) mass is 359 g/mol. The summed E-state index contributed by atoms with van der Waals surface area (Å²) >= 11 is 0. The molecule has 0 amide bonds. The molecule has 0 unspecified atom stereocenters. The Balaban J connectivity index is 2.72. The lowest BCUT2D eigenvalue weighted by Gasteiger charge is -2.40. The number of rotatable bonds is 2. The fourth-order valence-corrected chi connectivity index (χ4v) is 2.24. The van der Waals surface area contributed by atoms with Crippen LogP contribution in [-0.2, 0) is 0 Å². The van der Waals surface area contributed by atoms with Gasteiger partial charge in [0.1, 0.15) is 0 Å². The van der Waals surface area contributed by atoms with Crippen LogP contribution in [0.25, 0.3) is 5.57 Å². The van der Waals surface area contributed by atoms with Crippen LogP contribution in [0.3, 0.4) is 0 Å². The first-order valence-corrected chi connectivity index (χ1v) is 6.39. The van der Waals surface area contributed by atoms with E-state index in [0.29, 0.717) is 6.07 Å². The number of pyridine rings is 1. The molecule has 0 atom stereocenters. The van der Waals surface area contributed by atoms with Crippen molar-refractivity contribution in [1.29, 1.82) is 0 Å². The SMILES string of the molecule is CC(=O)c1cnc(C2=CC(F)(F)C(F)(F)C(F)(F)C2(F)F)cc1C. The molecule has 1 heterocycles. The number of aryl methyl sites for hydroxylation is 1. The van der Waals surface area contributed by atoms with Gasteiger partial charge in [-0.05, 0) is 25.5 Å². The standard InChI is InChI=1S/C14H9F8NO/c1-6-3-10(23-5-8(6)7(2)24)9-4-11(15,16)13(19,20)14(21,22)12(9,17)18/h3-5H,1-2H3. The second-order valence-corrected chi connectivity index (χ2v) is 5.34. The topological polar surface area (TPSA) is 30.0 Å². The number of Topliss-reactive ketones (excluding diaryl/α,β-unsaturated/α-hetero) is 1. The van der Waals surface area contributed by atoms with E-state index in [0.717, 1.165) is 13.1 Å². The Bertz CT molecular complexity index is 738. The maximum Gasteiger partial charge on any atom is 0.382 e. The van der Waals surface area contributed by atoms with Gasteiger partial charge in [-0.3, -0.25) is 9.78 Å². The molecule has 0 radical (unpaired) electrons. The van der Waals surface area contributed by atoms with Crippen molar-refractivity contribution in [2.24, 2.45) is 0 Å². The van der Waals surface area contributed by atoms with E-state index in [-0.39, 0.29) is 11.1 Å². The summed E-state index contributed by atoms with van der Waals surface area (Å²) in [6, 6.07) is 0.687. The normalized spacial score (nSPS) is 23.5.